The van der Waals surface area contributed by atoms with Crippen LogP contribution in [0.15, 0.2) is 89.8 Å². The van der Waals surface area contributed by atoms with E-state index in [0.29, 0.717) is 16.1 Å². The number of halogens is 4. The fourth-order valence-electron chi connectivity index (χ4n) is 3.78. The number of rotatable bonds is 3. The summed E-state index contributed by atoms with van der Waals surface area (Å²) in [6, 6.07) is 20.9. The minimum atomic E-state index is -4.58. The van der Waals surface area contributed by atoms with Crippen molar-refractivity contribution in [3.05, 3.63) is 95.5 Å². The van der Waals surface area contributed by atoms with Gasteiger partial charge in [0.2, 0.25) is 0 Å². The van der Waals surface area contributed by atoms with Crippen molar-refractivity contribution in [2.24, 2.45) is 0 Å². The maximum absolute atomic E-state index is 13.7. The summed E-state index contributed by atoms with van der Waals surface area (Å²) in [5.41, 5.74) is 0.244. The van der Waals surface area contributed by atoms with Gasteiger partial charge in [-0.1, -0.05) is 54.1 Å². The van der Waals surface area contributed by atoms with E-state index in [1.165, 1.54) is 6.07 Å². The van der Waals surface area contributed by atoms with Crippen LogP contribution in [0.3, 0.4) is 0 Å². The van der Waals surface area contributed by atoms with Crippen LogP contribution >= 0.6 is 11.6 Å². The van der Waals surface area contributed by atoms with Gasteiger partial charge >= 0.3 is 6.18 Å². The number of aromatic nitrogens is 2. The van der Waals surface area contributed by atoms with Crippen molar-refractivity contribution in [1.82, 2.24) is 8.96 Å². The van der Waals surface area contributed by atoms with Gasteiger partial charge in [0.05, 0.1) is 21.5 Å². The van der Waals surface area contributed by atoms with E-state index in [4.69, 9.17) is 11.6 Å². The highest BCUT2D eigenvalue weighted by atomic mass is 35.5. The van der Waals surface area contributed by atoms with Crippen LogP contribution < -0.4 is 0 Å². The lowest BCUT2D eigenvalue weighted by atomic mass is 10.0. The number of fused-ring (bicyclic) bond motifs is 2. The average molecular weight is 487 g/mol. The number of nitrogens with zero attached hydrogens (tertiary/aromatic N) is 2. The molecule has 0 amide bonds. The molecular formula is C24H14ClF3N2O2S. The molecule has 1 aromatic heterocycles. The molecule has 5 rings (SSSR count). The van der Waals surface area contributed by atoms with Crippen LogP contribution in [-0.2, 0) is 16.2 Å². The van der Waals surface area contributed by atoms with Gasteiger partial charge in [-0.3, -0.25) is 0 Å². The Morgan fingerprint density at radius 1 is 0.848 bits per heavy atom. The van der Waals surface area contributed by atoms with Crippen molar-refractivity contribution in [3.8, 4) is 11.4 Å². The monoisotopic (exact) mass is 486 g/mol. The zero-order chi connectivity index (χ0) is 23.4. The largest absolute Gasteiger partial charge is 0.416 e. The Balaban J connectivity index is 1.81. The van der Waals surface area contributed by atoms with Gasteiger partial charge in [0.15, 0.2) is 5.82 Å². The van der Waals surface area contributed by atoms with Crippen molar-refractivity contribution in [3.63, 3.8) is 0 Å². The first kappa shape index (κ1) is 21.5. The van der Waals surface area contributed by atoms with E-state index in [1.54, 1.807) is 24.3 Å². The Bertz CT molecular complexity index is 1620. The molecular weight excluding hydrogens is 473 g/mol. The standard InChI is InChI=1S/C24H14ClF3N2O2S/c25-17-10-13-21-22(14-17)30(33(31,32)18-11-8-16(9-12-18)24(26,27)28)23(29-21)20-7-3-5-15-4-1-2-6-19(15)20/h1-14H. The van der Waals surface area contributed by atoms with Crippen LogP contribution in [-0.4, -0.2) is 17.4 Å². The molecule has 1 heterocycles. The highest BCUT2D eigenvalue weighted by Gasteiger charge is 2.32. The molecule has 33 heavy (non-hydrogen) atoms. The van der Waals surface area contributed by atoms with Gasteiger partial charge in [-0.25, -0.2) is 17.4 Å². The lowest BCUT2D eigenvalue weighted by Gasteiger charge is -2.13. The summed E-state index contributed by atoms with van der Waals surface area (Å²) in [5, 5.41) is 1.97. The molecule has 0 fully saturated rings. The van der Waals surface area contributed by atoms with E-state index in [-0.39, 0.29) is 16.2 Å². The van der Waals surface area contributed by atoms with Gasteiger partial charge in [-0.05, 0) is 53.2 Å². The third kappa shape index (κ3) is 3.65. The molecule has 0 bridgehead atoms. The molecule has 0 N–H and O–H groups in total. The molecule has 4 aromatic carbocycles. The normalized spacial score (nSPS) is 12.5. The van der Waals surface area contributed by atoms with Crippen LogP contribution in [0.2, 0.25) is 5.02 Å². The Morgan fingerprint density at radius 3 is 2.27 bits per heavy atom. The van der Waals surface area contributed by atoms with E-state index in [0.717, 1.165) is 39.0 Å². The Morgan fingerprint density at radius 2 is 1.55 bits per heavy atom. The van der Waals surface area contributed by atoms with Gasteiger partial charge in [0.25, 0.3) is 10.0 Å². The number of imidazole rings is 1. The molecule has 9 heteroatoms. The number of benzene rings is 4. The molecule has 0 saturated heterocycles. The highest BCUT2D eigenvalue weighted by molar-refractivity contribution is 7.90. The second kappa shape index (κ2) is 7.60. The molecule has 0 aliphatic carbocycles. The molecule has 0 aliphatic rings. The summed E-state index contributed by atoms with van der Waals surface area (Å²) < 4.78 is 67.5. The van der Waals surface area contributed by atoms with Crippen LogP contribution in [0.5, 0.6) is 0 Å². The number of alkyl halides is 3. The quantitative estimate of drug-likeness (QED) is 0.283. The summed E-state index contributed by atoms with van der Waals surface area (Å²) in [4.78, 5) is 4.27. The van der Waals surface area contributed by atoms with Crippen molar-refractivity contribution in [2.45, 2.75) is 11.1 Å². The predicted octanol–water partition coefficient (Wildman–Crippen LogP) is 6.77. The van der Waals surface area contributed by atoms with Gasteiger partial charge in [-0.15, -0.1) is 0 Å². The van der Waals surface area contributed by atoms with Crippen LogP contribution in [0.25, 0.3) is 33.2 Å². The molecule has 0 unspecified atom stereocenters. The Kier molecular flexibility index (Phi) is 4.95. The lowest BCUT2D eigenvalue weighted by molar-refractivity contribution is -0.137. The lowest BCUT2D eigenvalue weighted by Crippen LogP contribution is -2.15. The first-order valence-corrected chi connectivity index (χ1v) is 11.6. The van der Waals surface area contributed by atoms with Gasteiger partial charge in [0.1, 0.15) is 0 Å². The second-order valence-corrected chi connectivity index (χ2v) is 9.61. The molecule has 0 radical (unpaired) electrons. The fourth-order valence-corrected chi connectivity index (χ4v) is 5.41. The summed E-state index contributed by atoms with van der Waals surface area (Å²) in [5.74, 6) is 0.143. The predicted molar refractivity (Wildman–Crippen MR) is 122 cm³/mol. The van der Waals surface area contributed by atoms with E-state index in [9.17, 15) is 21.6 Å². The number of hydrogen-bond donors (Lipinski definition) is 0. The summed E-state index contributed by atoms with van der Waals surface area (Å²) in [7, 11) is -4.32. The number of hydrogen-bond acceptors (Lipinski definition) is 3. The van der Waals surface area contributed by atoms with Crippen LogP contribution in [0.4, 0.5) is 13.2 Å². The molecule has 166 valence electrons. The van der Waals surface area contributed by atoms with E-state index in [2.05, 4.69) is 4.98 Å². The third-order valence-corrected chi connectivity index (χ3v) is 7.28. The Hall–Kier alpha value is -3.36. The fraction of sp³-hybridized carbons (Fsp3) is 0.0417. The molecule has 0 aliphatic heterocycles. The molecule has 0 spiro atoms. The van der Waals surface area contributed by atoms with Crippen LogP contribution in [0.1, 0.15) is 5.56 Å². The third-order valence-electron chi connectivity index (χ3n) is 5.33. The summed E-state index contributed by atoms with van der Waals surface area (Å²) >= 11 is 6.15. The maximum Gasteiger partial charge on any atom is 0.416 e. The Labute approximate surface area is 191 Å². The van der Waals surface area contributed by atoms with Crippen molar-refractivity contribution in [1.29, 1.82) is 0 Å². The molecule has 5 aromatic rings. The molecule has 0 atom stereocenters. The summed E-state index contributed by atoms with van der Waals surface area (Å²) in [6.45, 7) is 0. The zero-order valence-electron chi connectivity index (χ0n) is 16.7. The topological polar surface area (TPSA) is 52.0 Å². The highest BCUT2D eigenvalue weighted by Crippen LogP contribution is 2.35. The van der Waals surface area contributed by atoms with Crippen molar-refractivity contribution in [2.75, 3.05) is 0 Å². The zero-order valence-corrected chi connectivity index (χ0v) is 18.3. The van der Waals surface area contributed by atoms with E-state index >= 15 is 0 Å². The molecule has 4 nitrogen and oxygen atoms in total. The van der Waals surface area contributed by atoms with Crippen LogP contribution in [0, 0.1) is 0 Å². The second-order valence-electron chi connectivity index (χ2n) is 7.39. The smallest absolute Gasteiger partial charge is 0.227 e. The maximum atomic E-state index is 13.7. The van der Waals surface area contributed by atoms with Crippen molar-refractivity contribution < 1.29 is 21.6 Å². The van der Waals surface area contributed by atoms with Crippen molar-refractivity contribution >= 4 is 43.4 Å². The SMILES string of the molecule is O=S(=O)(c1ccc(C(F)(F)F)cc1)n1c(-c2cccc3ccccc23)nc2ccc(Cl)cc21. The van der Waals surface area contributed by atoms with E-state index in [1.807, 2.05) is 30.3 Å². The first-order chi connectivity index (χ1) is 15.7. The van der Waals surface area contributed by atoms with Gasteiger partial charge in [0, 0.05) is 10.6 Å². The first-order valence-electron chi connectivity index (χ1n) is 9.75. The van der Waals surface area contributed by atoms with E-state index < -0.39 is 21.8 Å². The van der Waals surface area contributed by atoms with Gasteiger partial charge < -0.3 is 0 Å². The minimum Gasteiger partial charge on any atom is -0.227 e. The van der Waals surface area contributed by atoms with Gasteiger partial charge in [-0.2, -0.15) is 13.2 Å². The summed E-state index contributed by atoms with van der Waals surface area (Å²) in [6.07, 6.45) is -4.58. The molecule has 0 saturated carbocycles. The average Bonchev–Trinajstić information content (AvgIpc) is 3.17. The minimum absolute atomic E-state index is 0.143.